The number of para-hydroxylation sites is 1. The van der Waals surface area contributed by atoms with Crippen LogP contribution in [0.5, 0.6) is 0 Å². The molecule has 2 aromatic heterocycles. The smallest absolute Gasteiger partial charge is 0.0744 e. The first-order chi connectivity index (χ1) is 15.5. The minimum Gasteiger partial charge on any atom is -0.300 e. The molecule has 1 atom stereocenters. The van der Waals surface area contributed by atoms with E-state index in [-0.39, 0.29) is 0 Å². The molecule has 2 aromatic carbocycles. The highest BCUT2D eigenvalue weighted by Crippen LogP contribution is 2.29. The largest absolute Gasteiger partial charge is 0.300 e. The Kier molecular flexibility index (Phi) is 5.93. The maximum absolute atomic E-state index is 6.22. The zero-order chi connectivity index (χ0) is 22.2. The van der Waals surface area contributed by atoms with Crippen LogP contribution in [0.15, 0.2) is 54.7 Å². The maximum atomic E-state index is 6.22. The van der Waals surface area contributed by atoms with Crippen molar-refractivity contribution in [1.29, 1.82) is 0 Å². The van der Waals surface area contributed by atoms with E-state index in [4.69, 9.17) is 28.2 Å². The van der Waals surface area contributed by atoms with Gasteiger partial charge in [0.05, 0.1) is 38.8 Å². The van der Waals surface area contributed by atoms with Crippen LogP contribution in [0.1, 0.15) is 31.0 Å². The summed E-state index contributed by atoms with van der Waals surface area (Å²) in [4.78, 5) is 7.68. The minimum absolute atomic E-state index is 0.515. The second-order valence-corrected chi connectivity index (χ2v) is 9.43. The monoisotopic (exact) mass is 464 g/mol. The third-order valence-electron chi connectivity index (χ3n) is 6.60. The average Bonchev–Trinajstić information content (AvgIpc) is 3.39. The average molecular weight is 465 g/mol. The highest BCUT2D eigenvalue weighted by Gasteiger charge is 2.20. The van der Waals surface area contributed by atoms with Crippen LogP contribution in [-0.4, -0.2) is 38.8 Å². The van der Waals surface area contributed by atoms with Crippen molar-refractivity contribution in [3.63, 3.8) is 0 Å². The molecule has 0 saturated carbocycles. The van der Waals surface area contributed by atoms with Gasteiger partial charge >= 0.3 is 0 Å². The van der Waals surface area contributed by atoms with Gasteiger partial charge in [-0.25, -0.2) is 9.67 Å². The molecule has 4 nitrogen and oxygen atoms in total. The summed E-state index contributed by atoms with van der Waals surface area (Å²) in [7, 11) is 0. The quantitative estimate of drug-likeness (QED) is 0.328. The maximum Gasteiger partial charge on any atom is 0.0744 e. The van der Waals surface area contributed by atoms with Crippen LogP contribution in [0, 0.1) is 6.92 Å². The SMILES string of the molecule is Cc1c(-c2ccc3cccc(CCN4CCC[C@H]4C)c3n2)cnn1-c1ccc(Cl)c(Cl)c1. The third-order valence-corrected chi connectivity index (χ3v) is 7.34. The van der Waals surface area contributed by atoms with Gasteiger partial charge in [-0.1, -0.05) is 47.5 Å². The molecule has 4 aromatic rings. The molecule has 1 aliphatic heterocycles. The number of aromatic nitrogens is 3. The van der Waals surface area contributed by atoms with Crippen LogP contribution < -0.4 is 0 Å². The Labute approximate surface area is 198 Å². The van der Waals surface area contributed by atoms with Gasteiger partial charge in [0.1, 0.15) is 0 Å². The lowest BCUT2D eigenvalue weighted by Gasteiger charge is -2.21. The second-order valence-electron chi connectivity index (χ2n) is 8.62. The molecule has 0 spiro atoms. The van der Waals surface area contributed by atoms with Crippen LogP contribution in [0.3, 0.4) is 0 Å². The number of hydrogen-bond donors (Lipinski definition) is 0. The highest BCUT2D eigenvalue weighted by atomic mass is 35.5. The Bertz CT molecular complexity index is 1280. The normalized spacial score (nSPS) is 16.8. The molecule has 1 aliphatic rings. The summed E-state index contributed by atoms with van der Waals surface area (Å²) in [5.41, 5.74) is 6.23. The third kappa shape index (κ3) is 4.03. The van der Waals surface area contributed by atoms with E-state index in [0.29, 0.717) is 16.1 Å². The zero-order valence-corrected chi connectivity index (χ0v) is 19.9. The van der Waals surface area contributed by atoms with Crippen LogP contribution >= 0.6 is 23.2 Å². The second kappa shape index (κ2) is 8.86. The van der Waals surface area contributed by atoms with Crippen LogP contribution in [0.2, 0.25) is 10.0 Å². The Hall–Kier alpha value is -2.40. The van der Waals surface area contributed by atoms with Crippen molar-refractivity contribution in [1.82, 2.24) is 19.7 Å². The molecular weight excluding hydrogens is 439 g/mol. The van der Waals surface area contributed by atoms with Crippen molar-refractivity contribution in [2.45, 2.75) is 39.2 Å². The van der Waals surface area contributed by atoms with Gasteiger partial charge in [-0.05, 0) is 69.5 Å². The summed E-state index contributed by atoms with van der Waals surface area (Å²) in [5, 5.41) is 6.83. The van der Waals surface area contributed by atoms with Crippen LogP contribution in [0.4, 0.5) is 0 Å². The molecule has 5 rings (SSSR count). The molecule has 1 fully saturated rings. The first kappa shape index (κ1) is 21.4. The molecule has 0 bridgehead atoms. The van der Waals surface area contributed by atoms with E-state index in [9.17, 15) is 0 Å². The summed E-state index contributed by atoms with van der Waals surface area (Å²) in [5.74, 6) is 0. The molecule has 164 valence electrons. The fraction of sp³-hybridized carbons (Fsp3) is 0.308. The highest BCUT2D eigenvalue weighted by molar-refractivity contribution is 6.42. The van der Waals surface area contributed by atoms with Gasteiger partial charge in [0.15, 0.2) is 0 Å². The fourth-order valence-corrected chi connectivity index (χ4v) is 4.98. The number of pyridine rings is 1. The molecule has 0 N–H and O–H groups in total. The molecular formula is C26H26Cl2N4. The molecule has 0 aliphatic carbocycles. The van der Waals surface area contributed by atoms with Crippen molar-refractivity contribution in [2.75, 3.05) is 13.1 Å². The van der Waals surface area contributed by atoms with E-state index in [2.05, 4.69) is 54.2 Å². The number of halogens is 2. The van der Waals surface area contributed by atoms with E-state index < -0.39 is 0 Å². The van der Waals surface area contributed by atoms with Gasteiger partial charge in [0.25, 0.3) is 0 Å². The first-order valence-corrected chi connectivity index (χ1v) is 11.9. The number of hydrogen-bond acceptors (Lipinski definition) is 3. The Morgan fingerprint density at radius 1 is 1.06 bits per heavy atom. The number of nitrogens with zero attached hydrogens (tertiary/aromatic N) is 4. The summed E-state index contributed by atoms with van der Waals surface area (Å²) in [6.45, 7) is 6.68. The molecule has 6 heteroatoms. The zero-order valence-electron chi connectivity index (χ0n) is 18.4. The van der Waals surface area contributed by atoms with E-state index in [1.165, 1.54) is 30.3 Å². The first-order valence-electron chi connectivity index (χ1n) is 11.1. The van der Waals surface area contributed by atoms with Crippen molar-refractivity contribution in [2.24, 2.45) is 0 Å². The minimum atomic E-state index is 0.515. The van der Waals surface area contributed by atoms with Crippen molar-refractivity contribution < 1.29 is 0 Å². The molecule has 0 amide bonds. The lowest BCUT2D eigenvalue weighted by atomic mass is 10.0. The van der Waals surface area contributed by atoms with Crippen molar-refractivity contribution in [3.8, 4) is 16.9 Å². The van der Waals surface area contributed by atoms with Crippen LogP contribution in [-0.2, 0) is 6.42 Å². The molecule has 0 radical (unpaired) electrons. The van der Waals surface area contributed by atoms with E-state index in [1.54, 1.807) is 6.07 Å². The van der Waals surface area contributed by atoms with E-state index >= 15 is 0 Å². The van der Waals surface area contributed by atoms with Crippen molar-refractivity contribution >= 4 is 34.1 Å². The molecule has 32 heavy (non-hydrogen) atoms. The Balaban J connectivity index is 1.48. The summed E-state index contributed by atoms with van der Waals surface area (Å²) < 4.78 is 1.88. The summed E-state index contributed by atoms with van der Waals surface area (Å²) in [6, 6.07) is 17.0. The van der Waals surface area contributed by atoms with Gasteiger partial charge in [0.2, 0.25) is 0 Å². The number of likely N-dealkylation sites (tertiary alicyclic amines) is 1. The topological polar surface area (TPSA) is 34.0 Å². The molecule has 3 heterocycles. The molecule has 0 unspecified atom stereocenters. The van der Waals surface area contributed by atoms with Crippen molar-refractivity contribution in [3.05, 3.63) is 76.0 Å². The fourth-order valence-electron chi connectivity index (χ4n) is 4.69. The Morgan fingerprint density at radius 3 is 2.72 bits per heavy atom. The van der Waals surface area contributed by atoms with Gasteiger partial charge < -0.3 is 4.90 Å². The lowest BCUT2D eigenvalue weighted by Crippen LogP contribution is -2.29. The summed E-state index contributed by atoms with van der Waals surface area (Å²) in [6.07, 6.45) is 5.50. The Morgan fingerprint density at radius 2 is 1.94 bits per heavy atom. The number of rotatable bonds is 5. The van der Waals surface area contributed by atoms with E-state index in [1.807, 2.05) is 23.0 Å². The number of fused-ring (bicyclic) bond motifs is 1. The number of benzene rings is 2. The van der Waals surface area contributed by atoms with Gasteiger partial charge in [-0.2, -0.15) is 5.10 Å². The van der Waals surface area contributed by atoms with Gasteiger partial charge in [-0.3, -0.25) is 0 Å². The lowest BCUT2D eigenvalue weighted by molar-refractivity contribution is 0.272. The van der Waals surface area contributed by atoms with E-state index in [0.717, 1.165) is 41.1 Å². The predicted molar refractivity (Wildman–Crippen MR) is 133 cm³/mol. The predicted octanol–water partition coefficient (Wildman–Crippen LogP) is 6.73. The standard InChI is InChI=1S/C26H26Cl2N4/c1-17-5-4-13-31(17)14-12-20-7-3-6-19-8-11-25(30-26(19)20)22-16-29-32(18(22)2)21-9-10-23(27)24(28)15-21/h3,6-11,15-17H,4-5,12-14H2,1-2H3/t17-/m1/s1. The van der Waals surface area contributed by atoms with Crippen LogP contribution in [0.25, 0.3) is 27.8 Å². The summed E-state index contributed by atoms with van der Waals surface area (Å²) >= 11 is 12.3. The van der Waals surface area contributed by atoms with Gasteiger partial charge in [0, 0.05) is 23.5 Å². The van der Waals surface area contributed by atoms with Gasteiger partial charge in [-0.15, -0.1) is 0 Å². The molecule has 1 saturated heterocycles.